The van der Waals surface area contributed by atoms with Gasteiger partial charge in [-0.3, -0.25) is 9.69 Å². The zero-order valence-electron chi connectivity index (χ0n) is 21.9. The van der Waals surface area contributed by atoms with Gasteiger partial charge in [-0.1, -0.05) is 49.4 Å². The average Bonchev–Trinajstić information content (AvgIpc) is 3.60. The van der Waals surface area contributed by atoms with Crippen LogP contribution in [0.15, 0.2) is 59.8 Å². The molecule has 1 saturated heterocycles. The average molecular weight is 495 g/mol. The molecule has 0 radical (unpaired) electrons. The smallest absolute Gasteiger partial charge is 0.325 e. The van der Waals surface area contributed by atoms with Gasteiger partial charge < -0.3 is 19.9 Å². The Morgan fingerprint density at radius 3 is 2.83 bits per heavy atom. The minimum absolute atomic E-state index is 0.0418. The second-order valence-corrected chi connectivity index (χ2v) is 10.6. The fourth-order valence-electron chi connectivity index (χ4n) is 5.12. The molecule has 2 aliphatic heterocycles. The lowest BCUT2D eigenvalue weighted by molar-refractivity contribution is -0.143. The molecule has 0 spiro atoms. The molecule has 1 saturated carbocycles. The molecule has 6 heteroatoms. The van der Waals surface area contributed by atoms with Gasteiger partial charge in [-0.25, -0.2) is 0 Å². The van der Waals surface area contributed by atoms with Crippen molar-refractivity contribution < 1.29 is 19.4 Å². The number of carboxylic acid groups (broad SMARTS) is 1. The maximum Gasteiger partial charge on any atom is 0.325 e. The third-order valence-electron chi connectivity index (χ3n) is 7.44. The number of rotatable bonds is 13. The summed E-state index contributed by atoms with van der Waals surface area (Å²) in [5.41, 5.74) is 4.55. The minimum Gasteiger partial charge on any atom is -0.490 e. The summed E-state index contributed by atoms with van der Waals surface area (Å²) >= 11 is 0. The molecule has 1 aromatic carbocycles. The van der Waals surface area contributed by atoms with Crippen molar-refractivity contribution in [2.75, 3.05) is 26.2 Å². The molecule has 0 aromatic heterocycles. The Kier molecular flexibility index (Phi) is 9.27. The largest absolute Gasteiger partial charge is 0.490 e. The normalized spacial score (nSPS) is 23.6. The molecular formula is C30H42N2O4. The minimum atomic E-state index is -0.837. The molecule has 2 N–H and O–H groups in total. The van der Waals surface area contributed by atoms with E-state index in [1.54, 1.807) is 0 Å². The van der Waals surface area contributed by atoms with E-state index in [2.05, 4.69) is 37.9 Å². The standard InChI is InChI=1S/C30H42N2O4/c1-21(13-14-24-10-8-17-31-23(24)3)9-6-7-18-35-28-20-32(19-22(28)2)29(30(33)34)26-11-4-5-12-27(26)36-25-15-16-25/h4-5,11-14,22,25,28-29,31H,1,6-10,15-20H2,2-3H3,(H,33,34)/b14-13-/t22-,28+,29+/m1/s1. The number of hydrogen-bond acceptors (Lipinski definition) is 5. The first-order valence-corrected chi connectivity index (χ1v) is 13.6. The summed E-state index contributed by atoms with van der Waals surface area (Å²) in [4.78, 5) is 14.4. The van der Waals surface area contributed by atoms with Crippen LogP contribution in [0.4, 0.5) is 0 Å². The van der Waals surface area contributed by atoms with Gasteiger partial charge in [0.15, 0.2) is 0 Å². The first kappa shape index (κ1) is 26.5. The number of carboxylic acids is 1. The Bertz CT molecular complexity index is 981. The van der Waals surface area contributed by atoms with Crippen LogP contribution in [-0.2, 0) is 9.53 Å². The fraction of sp³-hybridized carbons (Fsp3) is 0.567. The van der Waals surface area contributed by atoms with Crippen molar-refractivity contribution in [2.24, 2.45) is 5.92 Å². The van der Waals surface area contributed by atoms with E-state index in [4.69, 9.17) is 9.47 Å². The van der Waals surface area contributed by atoms with E-state index >= 15 is 0 Å². The van der Waals surface area contributed by atoms with Gasteiger partial charge in [0.1, 0.15) is 11.8 Å². The Balaban J connectivity index is 1.23. The highest BCUT2D eigenvalue weighted by Crippen LogP contribution is 2.37. The van der Waals surface area contributed by atoms with Crippen LogP contribution in [0.3, 0.4) is 0 Å². The molecule has 0 unspecified atom stereocenters. The number of likely N-dealkylation sites (tertiary alicyclic amines) is 1. The number of para-hydroxylation sites is 1. The van der Waals surface area contributed by atoms with E-state index in [0.29, 0.717) is 25.4 Å². The lowest BCUT2D eigenvalue weighted by Gasteiger charge is -2.26. The Hall–Kier alpha value is -2.57. The summed E-state index contributed by atoms with van der Waals surface area (Å²) in [6.45, 7) is 11.6. The van der Waals surface area contributed by atoms with Gasteiger partial charge in [0, 0.05) is 37.5 Å². The third-order valence-corrected chi connectivity index (χ3v) is 7.44. The number of benzene rings is 1. The maximum absolute atomic E-state index is 12.3. The summed E-state index contributed by atoms with van der Waals surface area (Å²) in [5, 5.41) is 13.5. The predicted octanol–water partition coefficient (Wildman–Crippen LogP) is 5.63. The van der Waals surface area contributed by atoms with Gasteiger partial charge in [0.2, 0.25) is 0 Å². The molecule has 196 valence electrons. The van der Waals surface area contributed by atoms with E-state index in [1.165, 1.54) is 17.7 Å². The van der Waals surface area contributed by atoms with Crippen LogP contribution in [0, 0.1) is 5.92 Å². The number of nitrogens with one attached hydrogen (secondary N) is 1. The van der Waals surface area contributed by atoms with Crippen molar-refractivity contribution in [1.29, 1.82) is 0 Å². The van der Waals surface area contributed by atoms with E-state index in [1.807, 2.05) is 29.2 Å². The predicted molar refractivity (Wildman–Crippen MR) is 143 cm³/mol. The molecule has 3 atom stereocenters. The SMILES string of the molecule is C=C(/C=C\C1=C(C)NCCC1)CCCCO[C@H]1CN([C@H](C(=O)O)c2ccccc2OC2CC2)C[C@H]1C. The molecule has 1 aromatic rings. The molecular weight excluding hydrogens is 452 g/mol. The summed E-state index contributed by atoms with van der Waals surface area (Å²) in [6, 6.07) is 6.87. The first-order valence-electron chi connectivity index (χ1n) is 13.6. The summed E-state index contributed by atoms with van der Waals surface area (Å²) in [5.74, 6) is 0.142. The second-order valence-electron chi connectivity index (χ2n) is 10.6. The van der Waals surface area contributed by atoms with Crippen molar-refractivity contribution in [3.63, 3.8) is 0 Å². The van der Waals surface area contributed by atoms with Crippen LogP contribution >= 0.6 is 0 Å². The van der Waals surface area contributed by atoms with Crippen LogP contribution in [0.2, 0.25) is 0 Å². The Labute approximate surface area is 216 Å². The van der Waals surface area contributed by atoms with Crippen LogP contribution in [0.25, 0.3) is 0 Å². The molecule has 4 rings (SSSR count). The van der Waals surface area contributed by atoms with E-state index in [-0.39, 0.29) is 18.1 Å². The zero-order chi connectivity index (χ0) is 25.5. The second kappa shape index (κ2) is 12.6. The van der Waals surface area contributed by atoms with Gasteiger partial charge in [0.25, 0.3) is 0 Å². The highest BCUT2D eigenvalue weighted by Gasteiger charge is 2.39. The van der Waals surface area contributed by atoms with Crippen LogP contribution in [0.5, 0.6) is 5.75 Å². The number of carbonyl (C=O) groups is 1. The molecule has 6 nitrogen and oxygen atoms in total. The quantitative estimate of drug-likeness (QED) is 0.274. The van der Waals surface area contributed by atoms with Crippen molar-refractivity contribution >= 4 is 5.97 Å². The van der Waals surface area contributed by atoms with Gasteiger partial charge in [-0.15, -0.1) is 0 Å². The highest BCUT2D eigenvalue weighted by atomic mass is 16.5. The maximum atomic E-state index is 12.3. The number of hydrogen-bond donors (Lipinski definition) is 2. The number of allylic oxidation sites excluding steroid dienone is 5. The van der Waals surface area contributed by atoms with E-state index < -0.39 is 12.0 Å². The Morgan fingerprint density at radius 2 is 2.08 bits per heavy atom. The highest BCUT2D eigenvalue weighted by molar-refractivity contribution is 5.76. The van der Waals surface area contributed by atoms with Crippen LogP contribution in [0.1, 0.15) is 70.4 Å². The zero-order valence-corrected chi connectivity index (χ0v) is 21.9. The number of ether oxygens (including phenoxy) is 2. The van der Waals surface area contributed by atoms with Crippen LogP contribution < -0.4 is 10.1 Å². The molecule has 2 heterocycles. The summed E-state index contributed by atoms with van der Waals surface area (Å²) in [7, 11) is 0. The fourth-order valence-corrected chi connectivity index (χ4v) is 5.12. The molecule has 3 aliphatic rings. The summed E-state index contributed by atoms with van der Waals surface area (Å²) in [6.07, 6.45) is 12.0. The third kappa shape index (κ3) is 7.23. The topological polar surface area (TPSA) is 71.0 Å². The molecule has 2 fully saturated rings. The van der Waals surface area contributed by atoms with Gasteiger partial charge in [-0.05, 0) is 69.4 Å². The van der Waals surface area contributed by atoms with E-state index in [9.17, 15) is 9.90 Å². The lowest BCUT2D eigenvalue weighted by Crippen LogP contribution is -2.33. The molecule has 36 heavy (non-hydrogen) atoms. The van der Waals surface area contributed by atoms with Gasteiger partial charge >= 0.3 is 5.97 Å². The Morgan fingerprint density at radius 1 is 1.28 bits per heavy atom. The molecule has 0 amide bonds. The van der Waals surface area contributed by atoms with E-state index in [0.717, 1.165) is 56.2 Å². The van der Waals surface area contributed by atoms with Crippen molar-refractivity contribution in [2.45, 2.75) is 77.0 Å². The molecule has 1 aliphatic carbocycles. The van der Waals surface area contributed by atoms with Gasteiger partial charge in [-0.2, -0.15) is 0 Å². The number of nitrogens with zero attached hydrogens (tertiary/aromatic N) is 1. The monoisotopic (exact) mass is 494 g/mol. The first-order chi connectivity index (χ1) is 17.4. The molecule has 0 bridgehead atoms. The van der Waals surface area contributed by atoms with Gasteiger partial charge in [0.05, 0.1) is 12.2 Å². The van der Waals surface area contributed by atoms with Crippen LogP contribution in [-0.4, -0.2) is 54.4 Å². The van der Waals surface area contributed by atoms with Crippen molar-refractivity contribution in [3.05, 3.63) is 65.4 Å². The number of unbranched alkanes of at least 4 members (excludes halogenated alkanes) is 1. The van der Waals surface area contributed by atoms with Crippen molar-refractivity contribution in [1.82, 2.24) is 10.2 Å². The lowest BCUT2D eigenvalue weighted by atomic mass is 10.0. The summed E-state index contributed by atoms with van der Waals surface area (Å²) < 4.78 is 12.3. The number of aliphatic carboxylic acids is 1. The van der Waals surface area contributed by atoms with Crippen molar-refractivity contribution in [3.8, 4) is 5.75 Å².